The molecule has 4 aromatic rings. The molecule has 0 spiro atoms. The predicted molar refractivity (Wildman–Crippen MR) is 133 cm³/mol. The zero-order valence-electron chi connectivity index (χ0n) is 17.6. The van der Waals surface area contributed by atoms with Gasteiger partial charge in [0.25, 0.3) is 5.91 Å². The summed E-state index contributed by atoms with van der Waals surface area (Å²) < 4.78 is 0. The van der Waals surface area contributed by atoms with Crippen molar-refractivity contribution in [3.8, 4) is 0 Å². The van der Waals surface area contributed by atoms with Gasteiger partial charge in [-0.05, 0) is 17.0 Å². The van der Waals surface area contributed by atoms with Gasteiger partial charge in [0.1, 0.15) is 0 Å². The quantitative estimate of drug-likeness (QED) is 0.390. The third kappa shape index (κ3) is 5.53. The Morgan fingerprint density at radius 1 is 1.00 bits per heavy atom. The van der Waals surface area contributed by atoms with Gasteiger partial charge in [-0.3, -0.25) is 19.8 Å². The van der Waals surface area contributed by atoms with Gasteiger partial charge >= 0.3 is 0 Å². The highest BCUT2D eigenvalue weighted by Crippen LogP contribution is 2.29. The molecule has 1 aromatic carbocycles. The highest BCUT2D eigenvalue weighted by atomic mass is 32.1. The summed E-state index contributed by atoms with van der Waals surface area (Å²) in [4.78, 5) is 37.9. The van der Waals surface area contributed by atoms with Crippen molar-refractivity contribution in [2.75, 3.05) is 17.2 Å². The topological polar surface area (TPSA) is 87.2 Å². The first-order chi connectivity index (χ1) is 16.1. The zero-order valence-corrected chi connectivity index (χ0v) is 20.1. The van der Waals surface area contributed by atoms with Gasteiger partial charge in [0.05, 0.1) is 22.7 Å². The van der Waals surface area contributed by atoms with Crippen molar-refractivity contribution < 1.29 is 9.59 Å². The summed E-state index contributed by atoms with van der Waals surface area (Å²) in [5.41, 5.74) is 2.99. The van der Waals surface area contributed by atoms with Crippen LogP contribution in [0.15, 0.2) is 53.2 Å². The van der Waals surface area contributed by atoms with Crippen LogP contribution in [-0.4, -0.2) is 33.2 Å². The van der Waals surface area contributed by atoms with Crippen molar-refractivity contribution in [1.29, 1.82) is 0 Å². The van der Waals surface area contributed by atoms with Crippen LogP contribution in [0.25, 0.3) is 0 Å². The Morgan fingerprint density at radius 2 is 1.88 bits per heavy atom. The maximum Gasteiger partial charge on any atom is 0.267 e. The first kappa shape index (κ1) is 21.9. The van der Waals surface area contributed by atoms with Gasteiger partial charge < -0.3 is 5.32 Å². The second-order valence-corrected chi connectivity index (χ2v) is 10.5. The Hall–Kier alpha value is -2.92. The molecule has 0 fully saturated rings. The first-order valence-electron chi connectivity index (χ1n) is 10.5. The zero-order chi connectivity index (χ0) is 22.6. The molecule has 4 heterocycles. The number of carbonyl (C=O) groups excluding carboxylic acids is 2. The molecule has 0 saturated carbocycles. The Balaban J connectivity index is 1.15. The molecule has 0 unspecified atom stereocenters. The van der Waals surface area contributed by atoms with Gasteiger partial charge in [-0.1, -0.05) is 36.4 Å². The minimum atomic E-state index is -0.190. The van der Waals surface area contributed by atoms with Gasteiger partial charge in [0.2, 0.25) is 5.91 Å². The molecule has 0 atom stereocenters. The molecular weight excluding hydrogens is 474 g/mol. The lowest BCUT2D eigenvalue weighted by Gasteiger charge is -2.25. The molecule has 33 heavy (non-hydrogen) atoms. The number of nitrogens with zero attached hydrogens (tertiary/aromatic N) is 3. The third-order valence-electron chi connectivity index (χ3n) is 5.16. The Kier molecular flexibility index (Phi) is 6.58. The second kappa shape index (κ2) is 9.92. The Bertz CT molecular complexity index is 1250. The normalized spacial score (nSPS) is 13.5. The minimum Gasteiger partial charge on any atom is -0.302 e. The summed E-state index contributed by atoms with van der Waals surface area (Å²) >= 11 is 4.22. The largest absolute Gasteiger partial charge is 0.302 e. The summed E-state index contributed by atoms with van der Waals surface area (Å²) in [7, 11) is 0. The molecule has 0 aliphatic carbocycles. The number of thiophene rings is 1. The number of amides is 2. The van der Waals surface area contributed by atoms with Gasteiger partial charge in [-0.2, -0.15) is 0 Å². The van der Waals surface area contributed by atoms with E-state index in [1.165, 1.54) is 33.1 Å². The Labute approximate surface area is 203 Å². The van der Waals surface area contributed by atoms with Crippen LogP contribution in [0.4, 0.5) is 10.3 Å². The van der Waals surface area contributed by atoms with E-state index in [9.17, 15) is 9.59 Å². The summed E-state index contributed by atoms with van der Waals surface area (Å²) in [6, 6.07) is 14.0. The fourth-order valence-corrected chi connectivity index (χ4v) is 6.01. The molecule has 0 bridgehead atoms. The number of aromatic nitrogens is 2. The number of benzene rings is 1. The van der Waals surface area contributed by atoms with Crippen LogP contribution in [0.5, 0.6) is 0 Å². The molecule has 1 aliphatic rings. The van der Waals surface area contributed by atoms with Gasteiger partial charge in [0.15, 0.2) is 10.3 Å². The van der Waals surface area contributed by atoms with E-state index in [4.69, 9.17) is 0 Å². The average molecular weight is 496 g/mol. The summed E-state index contributed by atoms with van der Waals surface area (Å²) in [5.74, 6) is -0.353. The molecule has 7 nitrogen and oxygen atoms in total. The van der Waals surface area contributed by atoms with Crippen LogP contribution in [0.2, 0.25) is 0 Å². The molecule has 10 heteroatoms. The summed E-state index contributed by atoms with van der Waals surface area (Å²) in [6.45, 7) is 2.71. The van der Waals surface area contributed by atoms with Crippen LogP contribution in [0.1, 0.15) is 31.5 Å². The van der Waals surface area contributed by atoms with Crippen molar-refractivity contribution in [2.45, 2.75) is 25.9 Å². The smallest absolute Gasteiger partial charge is 0.267 e. The number of hydrogen-bond acceptors (Lipinski definition) is 8. The number of hydrogen-bond donors (Lipinski definition) is 2. The summed E-state index contributed by atoms with van der Waals surface area (Å²) in [5, 5.41) is 10.4. The lowest BCUT2D eigenvalue weighted by molar-refractivity contribution is -0.115. The molecule has 5 rings (SSSR count). The van der Waals surface area contributed by atoms with E-state index in [0.29, 0.717) is 20.8 Å². The number of fused-ring (bicyclic) bond motifs is 1. The molecule has 2 N–H and O–H groups in total. The van der Waals surface area contributed by atoms with E-state index in [-0.39, 0.29) is 18.2 Å². The number of nitrogens with one attached hydrogen (secondary N) is 2. The maximum absolute atomic E-state index is 12.5. The molecule has 0 radical (unpaired) electrons. The van der Waals surface area contributed by atoms with Gasteiger partial charge in [0, 0.05) is 36.3 Å². The molecule has 168 valence electrons. The number of anilines is 2. The van der Waals surface area contributed by atoms with Crippen molar-refractivity contribution in [2.24, 2.45) is 0 Å². The fourth-order valence-electron chi connectivity index (χ4n) is 3.62. The van der Waals surface area contributed by atoms with Crippen LogP contribution >= 0.6 is 34.0 Å². The second-order valence-electron chi connectivity index (χ2n) is 7.64. The highest BCUT2D eigenvalue weighted by molar-refractivity contribution is 7.16. The van der Waals surface area contributed by atoms with Crippen molar-refractivity contribution in [3.05, 3.63) is 79.9 Å². The van der Waals surface area contributed by atoms with E-state index < -0.39 is 0 Å². The molecular formula is C23H21N5O2S3. The van der Waals surface area contributed by atoms with Crippen molar-refractivity contribution in [3.63, 3.8) is 0 Å². The molecule has 3 aromatic heterocycles. The lowest BCUT2D eigenvalue weighted by Crippen LogP contribution is -2.29. The van der Waals surface area contributed by atoms with Crippen LogP contribution in [0, 0.1) is 0 Å². The Morgan fingerprint density at radius 3 is 2.70 bits per heavy atom. The van der Waals surface area contributed by atoms with Crippen LogP contribution in [-0.2, 0) is 30.7 Å². The monoisotopic (exact) mass is 495 g/mol. The minimum absolute atomic E-state index is 0.135. The number of carbonyl (C=O) groups is 2. The van der Waals surface area contributed by atoms with E-state index in [1.54, 1.807) is 22.8 Å². The first-order valence-corrected chi connectivity index (χ1v) is 13.0. The van der Waals surface area contributed by atoms with E-state index in [0.717, 1.165) is 31.7 Å². The predicted octanol–water partition coefficient (Wildman–Crippen LogP) is 4.65. The fraction of sp³-hybridized carbons (Fsp3) is 0.217. The third-order valence-corrected chi connectivity index (χ3v) is 7.84. The lowest BCUT2D eigenvalue weighted by atomic mass is 10.1. The van der Waals surface area contributed by atoms with E-state index in [1.807, 2.05) is 17.5 Å². The molecule has 1 aliphatic heterocycles. The van der Waals surface area contributed by atoms with Crippen molar-refractivity contribution >= 4 is 56.1 Å². The SMILES string of the molecule is O=C(Cc1csc(NC(=O)c2cccs2)n1)Nc1nc2c(s1)CN(Cc1ccccc1)CC2. The highest BCUT2D eigenvalue weighted by Gasteiger charge is 2.22. The van der Waals surface area contributed by atoms with Crippen LogP contribution in [0.3, 0.4) is 0 Å². The van der Waals surface area contributed by atoms with E-state index in [2.05, 4.69) is 49.8 Å². The number of thiazole rings is 2. The van der Waals surface area contributed by atoms with E-state index >= 15 is 0 Å². The number of rotatable bonds is 7. The maximum atomic E-state index is 12.5. The van der Waals surface area contributed by atoms with Gasteiger partial charge in [-0.25, -0.2) is 9.97 Å². The average Bonchev–Trinajstić information content (AvgIpc) is 3.55. The summed E-state index contributed by atoms with van der Waals surface area (Å²) in [6.07, 6.45) is 1.02. The van der Waals surface area contributed by atoms with Gasteiger partial charge in [-0.15, -0.1) is 34.0 Å². The standard InChI is InChI=1S/C23H21N5O2S3/c29-20(11-16-14-32-22(24-16)27-21(30)18-7-4-10-31-18)26-23-25-17-8-9-28(13-19(17)33-23)12-15-5-2-1-3-6-15/h1-7,10,14H,8-9,11-13H2,(H,24,27,30)(H,25,26,29). The van der Waals surface area contributed by atoms with Crippen molar-refractivity contribution in [1.82, 2.24) is 14.9 Å². The molecule has 2 amide bonds. The molecule has 0 saturated heterocycles. The van der Waals surface area contributed by atoms with Crippen LogP contribution < -0.4 is 10.6 Å².